The van der Waals surface area contributed by atoms with E-state index in [1.165, 1.54) is 18.2 Å². The van der Waals surface area contributed by atoms with Gasteiger partial charge < -0.3 is 4.57 Å². The minimum atomic E-state index is -0.711. The van der Waals surface area contributed by atoms with Crippen molar-refractivity contribution in [1.29, 1.82) is 0 Å². The number of halogens is 1. The Labute approximate surface area is 131 Å². The van der Waals surface area contributed by atoms with Crippen molar-refractivity contribution in [2.75, 3.05) is 0 Å². The number of amides is 2. The van der Waals surface area contributed by atoms with E-state index in [9.17, 15) is 14.0 Å². The van der Waals surface area contributed by atoms with Crippen molar-refractivity contribution >= 4 is 22.7 Å². The molecule has 23 heavy (non-hydrogen) atoms. The van der Waals surface area contributed by atoms with Crippen LogP contribution in [-0.4, -0.2) is 16.4 Å². The monoisotopic (exact) mass is 311 g/mol. The Morgan fingerprint density at radius 3 is 2.26 bits per heavy atom. The average Bonchev–Trinajstić information content (AvgIpc) is 2.90. The Morgan fingerprint density at radius 2 is 1.52 bits per heavy atom. The maximum Gasteiger partial charge on any atom is 0.272 e. The first kappa shape index (κ1) is 14.8. The Kier molecular flexibility index (Phi) is 3.80. The molecule has 0 spiro atoms. The summed E-state index contributed by atoms with van der Waals surface area (Å²) in [5.41, 5.74) is 5.73. The van der Waals surface area contributed by atoms with Gasteiger partial charge in [-0.1, -0.05) is 30.3 Å². The lowest BCUT2D eigenvalue weighted by atomic mass is 10.2. The number of fused-ring (bicyclic) bond motifs is 1. The molecule has 1 heterocycles. The van der Waals surface area contributed by atoms with Gasteiger partial charge in [-0.25, -0.2) is 4.39 Å². The number of hydrogen-bond donors (Lipinski definition) is 2. The van der Waals surface area contributed by atoms with Gasteiger partial charge in [0.2, 0.25) is 0 Å². The summed E-state index contributed by atoms with van der Waals surface area (Å²) in [7, 11) is 1.83. The predicted octanol–water partition coefficient (Wildman–Crippen LogP) is 2.39. The minimum absolute atomic E-state index is 0.134. The predicted molar refractivity (Wildman–Crippen MR) is 84.3 cm³/mol. The van der Waals surface area contributed by atoms with Crippen molar-refractivity contribution in [2.45, 2.75) is 0 Å². The molecule has 2 aromatic carbocycles. The van der Waals surface area contributed by atoms with Crippen molar-refractivity contribution in [3.8, 4) is 0 Å². The van der Waals surface area contributed by atoms with Crippen LogP contribution in [0.1, 0.15) is 20.7 Å². The summed E-state index contributed by atoms with van der Waals surface area (Å²) in [6.07, 6.45) is 1.68. The summed E-state index contributed by atoms with van der Waals surface area (Å²) in [6.45, 7) is 0. The molecule has 3 aromatic rings. The molecule has 0 fully saturated rings. The van der Waals surface area contributed by atoms with Gasteiger partial charge in [-0.2, -0.15) is 0 Å². The number of carbonyl (C=O) groups is 2. The van der Waals surface area contributed by atoms with Crippen LogP contribution in [-0.2, 0) is 7.05 Å². The topological polar surface area (TPSA) is 63.1 Å². The molecule has 2 N–H and O–H groups in total. The Morgan fingerprint density at radius 1 is 0.913 bits per heavy atom. The Balaban J connectivity index is 1.77. The fourth-order valence-corrected chi connectivity index (χ4v) is 2.42. The third kappa shape index (κ3) is 2.78. The van der Waals surface area contributed by atoms with E-state index in [1.54, 1.807) is 12.3 Å². The van der Waals surface area contributed by atoms with Crippen LogP contribution in [0.25, 0.3) is 10.9 Å². The highest BCUT2D eigenvalue weighted by Gasteiger charge is 2.15. The lowest BCUT2D eigenvalue weighted by Crippen LogP contribution is -2.41. The summed E-state index contributed by atoms with van der Waals surface area (Å²) in [4.78, 5) is 24.2. The first-order valence-corrected chi connectivity index (χ1v) is 6.97. The maximum atomic E-state index is 13.5. The molecule has 0 atom stereocenters. The van der Waals surface area contributed by atoms with Gasteiger partial charge in [-0.05, 0) is 18.2 Å². The van der Waals surface area contributed by atoms with E-state index in [0.29, 0.717) is 5.56 Å². The van der Waals surface area contributed by atoms with Gasteiger partial charge in [0.25, 0.3) is 11.8 Å². The van der Waals surface area contributed by atoms with Gasteiger partial charge in [0.05, 0.1) is 11.1 Å². The van der Waals surface area contributed by atoms with Crippen LogP contribution in [0.4, 0.5) is 4.39 Å². The van der Waals surface area contributed by atoms with E-state index >= 15 is 0 Å². The summed E-state index contributed by atoms with van der Waals surface area (Å²) in [5, 5.41) is 0.771. The van der Waals surface area contributed by atoms with Crippen molar-refractivity contribution in [3.05, 3.63) is 71.7 Å². The standard InChI is InChI=1S/C17H14FN3O2/c1-21-10-13(11-6-3-5-9-15(11)21)17(23)20-19-16(22)12-7-2-4-8-14(12)18/h2-10H,1H3,(H,19,22)(H,20,23). The van der Waals surface area contributed by atoms with Crippen LogP contribution in [0, 0.1) is 5.82 Å². The zero-order valence-electron chi connectivity index (χ0n) is 12.3. The van der Waals surface area contributed by atoms with Crippen molar-refractivity contribution in [2.24, 2.45) is 7.05 Å². The summed E-state index contributed by atoms with van der Waals surface area (Å²) in [5.74, 6) is -1.83. The van der Waals surface area contributed by atoms with Crippen LogP contribution in [0.2, 0.25) is 0 Å². The second-order valence-electron chi connectivity index (χ2n) is 5.06. The third-order valence-electron chi connectivity index (χ3n) is 3.55. The first-order valence-electron chi connectivity index (χ1n) is 6.97. The number of para-hydroxylation sites is 1. The number of aryl methyl sites for hydroxylation is 1. The molecule has 1 aromatic heterocycles. The Bertz CT molecular complexity index is 902. The molecule has 0 radical (unpaired) electrons. The largest absolute Gasteiger partial charge is 0.350 e. The van der Waals surface area contributed by atoms with Gasteiger partial charge in [-0.15, -0.1) is 0 Å². The molecule has 0 aliphatic heterocycles. The average molecular weight is 311 g/mol. The second kappa shape index (κ2) is 5.92. The van der Waals surface area contributed by atoms with E-state index in [-0.39, 0.29) is 5.56 Å². The lowest BCUT2D eigenvalue weighted by molar-refractivity contribution is 0.0845. The van der Waals surface area contributed by atoms with Gasteiger partial charge in [0.15, 0.2) is 0 Å². The van der Waals surface area contributed by atoms with Crippen LogP contribution in [0.15, 0.2) is 54.7 Å². The molecule has 0 unspecified atom stereocenters. The zero-order chi connectivity index (χ0) is 16.4. The molecular weight excluding hydrogens is 297 g/mol. The molecule has 6 heteroatoms. The molecule has 3 rings (SSSR count). The van der Waals surface area contributed by atoms with E-state index in [4.69, 9.17) is 0 Å². The van der Waals surface area contributed by atoms with E-state index < -0.39 is 17.6 Å². The lowest BCUT2D eigenvalue weighted by Gasteiger charge is -2.07. The van der Waals surface area contributed by atoms with Gasteiger partial charge in [0, 0.05) is 24.1 Å². The number of rotatable bonds is 2. The number of benzene rings is 2. The number of aromatic nitrogens is 1. The molecule has 5 nitrogen and oxygen atoms in total. The molecule has 0 bridgehead atoms. The fraction of sp³-hybridized carbons (Fsp3) is 0.0588. The van der Waals surface area contributed by atoms with Gasteiger partial charge in [-0.3, -0.25) is 20.4 Å². The minimum Gasteiger partial charge on any atom is -0.350 e. The van der Waals surface area contributed by atoms with Crippen molar-refractivity contribution in [1.82, 2.24) is 15.4 Å². The van der Waals surface area contributed by atoms with E-state index in [1.807, 2.05) is 35.9 Å². The molecule has 116 valence electrons. The number of nitrogens with zero attached hydrogens (tertiary/aromatic N) is 1. The highest BCUT2D eigenvalue weighted by Crippen LogP contribution is 2.19. The number of nitrogens with one attached hydrogen (secondary N) is 2. The molecule has 2 amide bonds. The second-order valence-corrected chi connectivity index (χ2v) is 5.06. The normalized spacial score (nSPS) is 10.5. The maximum absolute atomic E-state index is 13.5. The SMILES string of the molecule is Cn1cc(C(=O)NNC(=O)c2ccccc2F)c2ccccc21. The first-order chi connectivity index (χ1) is 11.1. The van der Waals surface area contributed by atoms with Crippen molar-refractivity contribution < 1.29 is 14.0 Å². The van der Waals surface area contributed by atoms with Crippen LogP contribution in [0.3, 0.4) is 0 Å². The van der Waals surface area contributed by atoms with Gasteiger partial charge >= 0.3 is 0 Å². The number of hydrogen-bond acceptors (Lipinski definition) is 2. The molecular formula is C17H14FN3O2. The third-order valence-corrected chi connectivity index (χ3v) is 3.55. The van der Waals surface area contributed by atoms with E-state index in [0.717, 1.165) is 10.9 Å². The molecule has 0 saturated heterocycles. The highest BCUT2D eigenvalue weighted by atomic mass is 19.1. The smallest absolute Gasteiger partial charge is 0.272 e. The number of hydrazine groups is 1. The molecule has 0 aliphatic carbocycles. The van der Waals surface area contributed by atoms with Crippen LogP contribution >= 0.6 is 0 Å². The zero-order valence-corrected chi connectivity index (χ0v) is 12.3. The molecule has 0 saturated carbocycles. The summed E-state index contributed by atoms with van der Waals surface area (Å²) in [6, 6.07) is 13.0. The summed E-state index contributed by atoms with van der Waals surface area (Å²) < 4.78 is 15.3. The van der Waals surface area contributed by atoms with Gasteiger partial charge in [0.1, 0.15) is 5.82 Å². The quantitative estimate of drug-likeness (QED) is 0.714. The van der Waals surface area contributed by atoms with Crippen molar-refractivity contribution in [3.63, 3.8) is 0 Å². The molecule has 0 aliphatic rings. The van der Waals surface area contributed by atoms with Crippen LogP contribution < -0.4 is 10.9 Å². The fourth-order valence-electron chi connectivity index (χ4n) is 2.42. The Hall–Kier alpha value is -3.15. The van der Waals surface area contributed by atoms with Crippen LogP contribution in [0.5, 0.6) is 0 Å². The summed E-state index contributed by atoms with van der Waals surface area (Å²) >= 11 is 0. The highest BCUT2D eigenvalue weighted by molar-refractivity contribution is 6.08. The number of carbonyl (C=O) groups excluding carboxylic acids is 2. The van der Waals surface area contributed by atoms with E-state index in [2.05, 4.69) is 10.9 Å².